The van der Waals surface area contributed by atoms with Gasteiger partial charge in [-0.2, -0.15) is 0 Å². The number of aliphatic carboxylic acids is 1. The molecule has 0 fully saturated rings. The van der Waals surface area contributed by atoms with Gasteiger partial charge in [0.25, 0.3) is 0 Å². The highest BCUT2D eigenvalue weighted by Gasteiger charge is 2.01. The maximum atomic E-state index is 10.4. The topological polar surface area (TPSA) is 69.6 Å². The fraction of sp³-hybridized carbons (Fsp3) is 0.188. The van der Waals surface area contributed by atoms with E-state index in [1.165, 1.54) is 0 Å². The first kappa shape index (κ1) is 14.1. The van der Waals surface area contributed by atoms with Crippen LogP contribution in [0.4, 0.5) is 0 Å². The van der Waals surface area contributed by atoms with Gasteiger partial charge in [0, 0.05) is 13.1 Å². The average Bonchev–Trinajstić information content (AvgIpc) is 2.44. The van der Waals surface area contributed by atoms with E-state index in [1.54, 1.807) is 12.1 Å². The quantitative estimate of drug-likeness (QED) is 0.706. The largest absolute Gasteiger partial charge is 0.508 e. The Morgan fingerprint density at radius 2 is 1.75 bits per heavy atom. The summed E-state index contributed by atoms with van der Waals surface area (Å²) in [4.78, 5) is 10.4. The predicted molar refractivity (Wildman–Crippen MR) is 77.5 cm³/mol. The highest BCUT2D eigenvalue weighted by atomic mass is 16.4. The Labute approximate surface area is 117 Å². The molecule has 0 aromatic heterocycles. The number of rotatable bonds is 6. The molecule has 0 aliphatic carbocycles. The summed E-state index contributed by atoms with van der Waals surface area (Å²) in [6, 6.07) is 15.1. The predicted octanol–water partition coefficient (Wildman–Crippen LogP) is 2.62. The minimum atomic E-state index is -0.800. The maximum absolute atomic E-state index is 10.4. The number of phenolic OH excluding ortho intramolecular Hbond substituents is 1. The van der Waals surface area contributed by atoms with Crippen LogP contribution >= 0.6 is 0 Å². The van der Waals surface area contributed by atoms with E-state index in [1.807, 2.05) is 36.4 Å². The third-order valence-electron chi connectivity index (χ3n) is 2.95. The molecule has 0 bridgehead atoms. The van der Waals surface area contributed by atoms with Gasteiger partial charge in [0.15, 0.2) is 0 Å². The summed E-state index contributed by atoms with van der Waals surface area (Å²) in [5.74, 6) is -0.557. The second kappa shape index (κ2) is 6.73. The fourth-order valence-corrected chi connectivity index (χ4v) is 1.97. The second-order valence-corrected chi connectivity index (χ2v) is 4.57. The van der Waals surface area contributed by atoms with Crippen LogP contribution in [0.15, 0.2) is 48.5 Å². The first-order valence-electron chi connectivity index (χ1n) is 6.46. The van der Waals surface area contributed by atoms with Crippen LogP contribution in [0.25, 0.3) is 11.1 Å². The standard InChI is InChI=1S/C16H17NO3/c18-15-6-2-5-14(10-15)13-4-1-3-12(9-13)11-17-8-7-16(19)20/h1-6,9-10,17-18H,7-8,11H2,(H,19,20). The SMILES string of the molecule is O=C(O)CCNCc1cccc(-c2cccc(O)c2)c1. The molecule has 2 aromatic carbocycles. The summed E-state index contributed by atoms with van der Waals surface area (Å²) >= 11 is 0. The fourth-order valence-electron chi connectivity index (χ4n) is 1.97. The van der Waals surface area contributed by atoms with Gasteiger partial charge in [-0.1, -0.05) is 30.3 Å². The van der Waals surface area contributed by atoms with E-state index in [-0.39, 0.29) is 12.2 Å². The van der Waals surface area contributed by atoms with Gasteiger partial charge in [-0.05, 0) is 34.9 Å². The van der Waals surface area contributed by atoms with Crippen LogP contribution in [0.1, 0.15) is 12.0 Å². The molecule has 2 rings (SSSR count). The molecule has 0 aliphatic heterocycles. The van der Waals surface area contributed by atoms with Gasteiger partial charge in [0.2, 0.25) is 0 Å². The zero-order valence-corrected chi connectivity index (χ0v) is 11.0. The molecular formula is C16H17NO3. The number of nitrogens with one attached hydrogen (secondary N) is 1. The molecule has 0 radical (unpaired) electrons. The van der Waals surface area contributed by atoms with Gasteiger partial charge in [0.05, 0.1) is 6.42 Å². The highest BCUT2D eigenvalue weighted by molar-refractivity contribution is 5.67. The van der Waals surface area contributed by atoms with Crippen LogP contribution in [0, 0.1) is 0 Å². The van der Waals surface area contributed by atoms with Gasteiger partial charge in [0.1, 0.15) is 5.75 Å². The summed E-state index contributed by atoms with van der Waals surface area (Å²) < 4.78 is 0. The molecule has 0 saturated heterocycles. The molecule has 4 heteroatoms. The number of carbonyl (C=O) groups is 1. The van der Waals surface area contributed by atoms with Crippen LogP contribution in [0.2, 0.25) is 0 Å². The van der Waals surface area contributed by atoms with Gasteiger partial charge in [-0.3, -0.25) is 4.79 Å². The monoisotopic (exact) mass is 271 g/mol. The molecule has 0 amide bonds. The van der Waals surface area contributed by atoms with Crippen molar-refractivity contribution in [2.75, 3.05) is 6.54 Å². The lowest BCUT2D eigenvalue weighted by atomic mass is 10.0. The molecule has 0 aliphatic rings. The second-order valence-electron chi connectivity index (χ2n) is 4.57. The van der Waals surface area contributed by atoms with Crippen molar-refractivity contribution in [2.45, 2.75) is 13.0 Å². The van der Waals surface area contributed by atoms with Crippen molar-refractivity contribution in [2.24, 2.45) is 0 Å². The van der Waals surface area contributed by atoms with E-state index >= 15 is 0 Å². The summed E-state index contributed by atoms with van der Waals surface area (Å²) in [6.07, 6.45) is 0.117. The Bertz CT molecular complexity index is 596. The van der Waals surface area contributed by atoms with Crippen LogP contribution in [0.3, 0.4) is 0 Å². The van der Waals surface area contributed by atoms with Crippen molar-refractivity contribution in [1.82, 2.24) is 5.32 Å². The van der Waals surface area contributed by atoms with Crippen molar-refractivity contribution < 1.29 is 15.0 Å². The van der Waals surface area contributed by atoms with Crippen LogP contribution in [0.5, 0.6) is 5.75 Å². The van der Waals surface area contributed by atoms with E-state index < -0.39 is 5.97 Å². The smallest absolute Gasteiger partial charge is 0.304 e. The summed E-state index contributed by atoms with van der Waals surface area (Å²) in [5, 5.41) is 21.2. The van der Waals surface area contributed by atoms with E-state index in [2.05, 4.69) is 5.32 Å². The molecule has 0 spiro atoms. The van der Waals surface area contributed by atoms with Crippen molar-refractivity contribution in [1.29, 1.82) is 0 Å². The molecule has 104 valence electrons. The Morgan fingerprint density at radius 3 is 2.45 bits per heavy atom. The van der Waals surface area contributed by atoms with E-state index in [4.69, 9.17) is 5.11 Å². The van der Waals surface area contributed by atoms with Crippen LogP contribution in [-0.2, 0) is 11.3 Å². The number of phenols is 1. The number of carboxylic acid groups (broad SMARTS) is 1. The first-order valence-corrected chi connectivity index (χ1v) is 6.46. The number of benzene rings is 2. The van der Waals surface area contributed by atoms with Crippen molar-refractivity contribution in [3.8, 4) is 16.9 Å². The normalized spacial score (nSPS) is 10.4. The molecule has 0 heterocycles. The lowest BCUT2D eigenvalue weighted by Crippen LogP contribution is -2.17. The van der Waals surface area contributed by atoms with Crippen LogP contribution in [-0.4, -0.2) is 22.7 Å². The minimum absolute atomic E-state index is 0.117. The zero-order chi connectivity index (χ0) is 14.4. The molecule has 0 atom stereocenters. The molecule has 3 N–H and O–H groups in total. The van der Waals surface area contributed by atoms with Crippen LogP contribution < -0.4 is 5.32 Å². The number of carboxylic acids is 1. The molecule has 20 heavy (non-hydrogen) atoms. The van der Waals surface area contributed by atoms with E-state index in [0.29, 0.717) is 13.1 Å². The summed E-state index contributed by atoms with van der Waals surface area (Å²) in [7, 11) is 0. The Kier molecular flexibility index (Phi) is 4.74. The van der Waals surface area contributed by atoms with E-state index in [0.717, 1.165) is 16.7 Å². The van der Waals surface area contributed by atoms with Crippen molar-refractivity contribution in [3.05, 3.63) is 54.1 Å². The van der Waals surface area contributed by atoms with Crippen molar-refractivity contribution in [3.63, 3.8) is 0 Å². The van der Waals surface area contributed by atoms with Crippen molar-refractivity contribution >= 4 is 5.97 Å². The molecule has 2 aromatic rings. The highest BCUT2D eigenvalue weighted by Crippen LogP contribution is 2.23. The summed E-state index contributed by atoms with van der Waals surface area (Å²) in [6.45, 7) is 1.08. The minimum Gasteiger partial charge on any atom is -0.508 e. The van der Waals surface area contributed by atoms with Gasteiger partial charge in [-0.15, -0.1) is 0 Å². The third kappa shape index (κ3) is 4.10. The van der Waals surface area contributed by atoms with E-state index in [9.17, 15) is 9.90 Å². The van der Waals surface area contributed by atoms with Gasteiger partial charge >= 0.3 is 5.97 Å². The number of aromatic hydroxyl groups is 1. The molecule has 4 nitrogen and oxygen atoms in total. The molecular weight excluding hydrogens is 254 g/mol. The lowest BCUT2D eigenvalue weighted by molar-refractivity contribution is -0.136. The Balaban J connectivity index is 2.02. The lowest BCUT2D eigenvalue weighted by Gasteiger charge is -2.07. The number of hydrogen-bond acceptors (Lipinski definition) is 3. The first-order chi connectivity index (χ1) is 9.65. The third-order valence-corrected chi connectivity index (χ3v) is 2.95. The Morgan fingerprint density at radius 1 is 1.05 bits per heavy atom. The van der Waals surface area contributed by atoms with Gasteiger partial charge in [-0.25, -0.2) is 0 Å². The summed E-state index contributed by atoms with van der Waals surface area (Å²) in [5.41, 5.74) is 3.06. The molecule has 0 unspecified atom stereocenters. The maximum Gasteiger partial charge on any atom is 0.304 e. The zero-order valence-electron chi connectivity index (χ0n) is 11.0. The van der Waals surface area contributed by atoms with Gasteiger partial charge < -0.3 is 15.5 Å². The average molecular weight is 271 g/mol. The molecule has 0 saturated carbocycles. The number of hydrogen-bond donors (Lipinski definition) is 3. The Hall–Kier alpha value is -2.33.